The van der Waals surface area contributed by atoms with Gasteiger partial charge in [-0.2, -0.15) is 0 Å². The fourth-order valence-electron chi connectivity index (χ4n) is 3.48. The van der Waals surface area contributed by atoms with Gasteiger partial charge < -0.3 is 14.8 Å². The number of nitrogens with one attached hydrogen (secondary N) is 1. The van der Waals surface area contributed by atoms with Crippen molar-refractivity contribution >= 4 is 11.4 Å². The molecule has 2 aromatic carbocycles. The smallest absolute Gasteiger partial charge is 0.130 e. The lowest BCUT2D eigenvalue weighted by Crippen LogP contribution is -2.31. The maximum atomic E-state index is 13.6. The first-order valence-electron chi connectivity index (χ1n) is 8.21. The molecule has 0 spiro atoms. The van der Waals surface area contributed by atoms with Crippen LogP contribution in [0.25, 0.3) is 16.9 Å². The summed E-state index contributed by atoms with van der Waals surface area (Å²) in [6, 6.07) is 8.82. The molecule has 2 aromatic rings. The van der Waals surface area contributed by atoms with Crippen LogP contribution < -0.4 is 10.1 Å². The Morgan fingerprint density at radius 1 is 1.21 bits per heavy atom. The summed E-state index contributed by atoms with van der Waals surface area (Å²) >= 11 is 0. The second-order valence-electron chi connectivity index (χ2n) is 6.73. The maximum Gasteiger partial charge on any atom is 0.130 e. The molecule has 0 atom stereocenters. The Hall–Kier alpha value is -2.49. The molecule has 124 valence electrons. The molecule has 2 aliphatic heterocycles. The molecule has 1 N–H and O–H groups in total. The van der Waals surface area contributed by atoms with Gasteiger partial charge in [-0.15, -0.1) is 0 Å². The normalized spacial score (nSPS) is 16.8. The van der Waals surface area contributed by atoms with E-state index in [0.29, 0.717) is 19.0 Å². The lowest BCUT2D eigenvalue weighted by atomic mass is 9.89. The monoisotopic (exact) mass is 325 g/mol. The molecule has 4 rings (SSSR count). The third-order valence-electron chi connectivity index (χ3n) is 4.41. The first kappa shape index (κ1) is 15.1. The summed E-state index contributed by atoms with van der Waals surface area (Å²) in [4.78, 5) is 0. The Balaban J connectivity index is 1.89. The van der Waals surface area contributed by atoms with E-state index in [9.17, 15) is 4.39 Å². The van der Waals surface area contributed by atoms with Crippen molar-refractivity contribution in [1.29, 1.82) is 0 Å². The number of hydrogen-bond acceptors (Lipinski definition) is 3. The second-order valence-corrected chi connectivity index (χ2v) is 6.73. The van der Waals surface area contributed by atoms with Gasteiger partial charge in [0.1, 0.15) is 23.9 Å². The van der Waals surface area contributed by atoms with Crippen LogP contribution in [0.2, 0.25) is 0 Å². The van der Waals surface area contributed by atoms with Gasteiger partial charge in [-0.05, 0) is 50.6 Å². The Bertz CT molecular complexity index is 855. The largest absolute Gasteiger partial charge is 0.493 e. The molecule has 0 radical (unpaired) electrons. The first-order valence-corrected chi connectivity index (χ1v) is 8.21. The average Bonchev–Trinajstić information content (AvgIpc) is 2.92. The van der Waals surface area contributed by atoms with Gasteiger partial charge in [-0.3, -0.25) is 0 Å². The average molecular weight is 325 g/mol. The summed E-state index contributed by atoms with van der Waals surface area (Å²) < 4.78 is 25.2. The number of anilines is 1. The van der Waals surface area contributed by atoms with Crippen molar-refractivity contribution < 1.29 is 13.9 Å². The molecule has 0 aliphatic carbocycles. The Kier molecular flexibility index (Phi) is 3.30. The van der Waals surface area contributed by atoms with Gasteiger partial charge in [-0.25, -0.2) is 4.39 Å². The molecule has 0 saturated heterocycles. The predicted molar refractivity (Wildman–Crippen MR) is 93.5 cm³/mol. The van der Waals surface area contributed by atoms with Crippen LogP contribution in [0.5, 0.6) is 5.75 Å². The molecule has 4 heteroatoms. The van der Waals surface area contributed by atoms with Gasteiger partial charge in [0.15, 0.2) is 0 Å². The highest BCUT2D eigenvalue weighted by Gasteiger charge is 2.33. The van der Waals surface area contributed by atoms with Crippen LogP contribution in [0.15, 0.2) is 36.4 Å². The molecule has 0 bridgehead atoms. The van der Waals surface area contributed by atoms with E-state index in [2.05, 4.69) is 37.4 Å². The standard InChI is InChI=1S/C20H20FNO2/c1-4-23-17-9-12(21)5-6-14(17)13-7-8-16-19-15(13)11-24-18(19)10-20(2,3)22-16/h5-10,22H,4,11H2,1-3H3. The van der Waals surface area contributed by atoms with Crippen molar-refractivity contribution in [3.05, 3.63) is 53.4 Å². The quantitative estimate of drug-likeness (QED) is 0.864. The van der Waals surface area contributed by atoms with Crippen LogP contribution in [0.3, 0.4) is 0 Å². The maximum absolute atomic E-state index is 13.6. The van der Waals surface area contributed by atoms with E-state index in [1.807, 2.05) is 6.92 Å². The minimum atomic E-state index is -0.295. The zero-order chi connectivity index (χ0) is 16.9. The molecule has 3 nitrogen and oxygen atoms in total. The highest BCUT2D eigenvalue weighted by atomic mass is 19.1. The topological polar surface area (TPSA) is 30.5 Å². The van der Waals surface area contributed by atoms with Crippen molar-refractivity contribution in [2.24, 2.45) is 0 Å². The van der Waals surface area contributed by atoms with Gasteiger partial charge in [-0.1, -0.05) is 6.07 Å². The van der Waals surface area contributed by atoms with Crippen LogP contribution in [0, 0.1) is 5.82 Å². The van der Waals surface area contributed by atoms with Crippen molar-refractivity contribution in [2.45, 2.75) is 32.9 Å². The highest BCUT2D eigenvalue weighted by Crippen LogP contribution is 2.46. The first-order chi connectivity index (χ1) is 11.5. The molecular weight excluding hydrogens is 305 g/mol. The Labute approximate surface area is 141 Å². The van der Waals surface area contributed by atoms with Gasteiger partial charge in [0.2, 0.25) is 0 Å². The molecule has 0 fully saturated rings. The summed E-state index contributed by atoms with van der Waals surface area (Å²) in [7, 11) is 0. The predicted octanol–water partition coefficient (Wildman–Crippen LogP) is 4.97. The zero-order valence-corrected chi connectivity index (χ0v) is 14.1. The van der Waals surface area contributed by atoms with Gasteiger partial charge in [0, 0.05) is 28.4 Å². The molecule has 0 unspecified atom stereocenters. The van der Waals surface area contributed by atoms with Crippen LogP contribution in [0.4, 0.5) is 10.1 Å². The van der Waals surface area contributed by atoms with Crippen LogP contribution in [-0.2, 0) is 11.3 Å². The number of hydrogen-bond donors (Lipinski definition) is 1. The lowest BCUT2D eigenvalue weighted by molar-refractivity contribution is 0.283. The summed E-state index contributed by atoms with van der Waals surface area (Å²) in [5.41, 5.74) is 5.09. The van der Waals surface area contributed by atoms with Gasteiger partial charge in [0.05, 0.1) is 12.1 Å². The minimum absolute atomic E-state index is 0.141. The van der Waals surface area contributed by atoms with E-state index in [1.165, 1.54) is 12.1 Å². The summed E-state index contributed by atoms with van der Waals surface area (Å²) in [6.45, 7) is 7.15. The molecular formula is C20H20FNO2. The van der Waals surface area contributed by atoms with Crippen LogP contribution in [-0.4, -0.2) is 12.1 Å². The fourth-order valence-corrected chi connectivity index (χ4v) is 3.48. The molecule has 2 aliphatic rings. The highest BCUT2D eigenvalue weighted by molar-refractivity contribution is 5.88. The number of rotatable bonds is 3. The SMILES string of the molecule is CCOc1cc(F)ccc1-c1ccc2c3c1COC3=CC(C)(C)N2. The second kappa shape index (κ2) is 5.26. The Morgan fingerprint density at radius 3 is 2.79 bits per heavy atom. The molecule has 2 heterocycles. The third-order valence-corrected chi connectivity index (χ3v) is 4.41. The van der Waals surface area contributed by atoms with E-state index in [1.54, 1.807) is 6.07 Å². The molecule has 24 heavy (non-hydrogen) atoms. The molecule has 0 aromatic heterocycles. The van der Waals surface area contributed by atoms with Crippen molar-refractivity contribution in [1.82, 2.24) is 0 Å². The minimum Gasteiger partial charge on any atom is -0.493 e. The molecule has 0 saturated carbocycles. The number of halogens is 1. The van der Waals surface area contributed by atoms with E-state index in [-0.39, 0.29) is 11.4 Å². The van der Waals surface area contributed by atoms with E-state index < -0.39 is 0 Å². The summed E-state index contributed by atoms with van der Waals surface area (Å²) in [6.07, 6.45) is 2.11. The van der Waals surface area contributed by atoms with E-state index in [4.69, 9.17) is 9.47 Å². The van der Waals surface area contributed by atoms with Crippen LogP contribution >= 0.6 is 0 Å². The van der Waals surface area contributed by atoms with Gasteiger partial charge >= 0.3 is 0 Å². The molecule has 0 amide bonds. The van der Waals surface area contributed by atoms with Crippen molar-refractivity contribution in [3.63, 3.8) is 0 Å². The summed E-state index contributed by atoms with van der Waals surface area (Å²) in [5, 5.41) is 3.53. The van der Waals surface area contributed by atoms with Crippen molar-refractivity contribution in [3.8, 4) is 16.9 Å². The Morgan fingerprint density at radius 2 is 2.00 bits per heavy atom. The fraction of sp³-hybridized carbons (Fsp3) is 0.300. The van der Waals surface area contributed by atoms with Crippen molar-refractivity contribution in [2.75, 3.05) is 11.9 Å². The third kappa shape index (κ3) is 2.33. The van der Waals surface area contributed by atoms with Gasteiger partial charge in [0.25, 0.3) is 0 Å². The lowest BCUT2D eigenvalue weighted by Gasteiger charge is -2.30. The summed E-state index contributed by atoms with van der Waals surface area (Å²) in [5.74, 6) is 1.19. The number of benzene rings is 2. The zero-order valence-electron chi connectivity index (χ0n) is 14.1. The van der Waals surface area contributed by atoms with E-state index >= 15 is 0 Å². The number of ether oxygens (including phenoxy) is 2. The van der Waals surface area contributed by atoms with Crippen LogP contribution in [0.1, 0.15) is 31.9 Å². The van der Waals surface area contributed by atoms with E-state index in [0.717, 1.165) is 33.7 Å².